The minimum absolute atomic E-state index is 0.0193. The van der Waals surface area contributed by atoms with Crippen LogP contribution >= 0.6 is 0 Å². The Bertz CT molecular complexity index is 851. The van der Waals surface area contributed by atoms with E-state index in [1.54, 1.807) is 18.2 Å². The highest BCUT2D eigenvalue weighted by Crippen LogP contribution is 2.10. The Hall–Kier alpha value is -3.76. The van der Waals surface area contributed by atoms with Gasteiger partial charge in [-0.25, -0.2) is 24.0 Å². The van der Waals surface area contributed by atoms with Crippen LogP contribution in [-0.2, 0) is 28.6 Å². The number of ether oxygens (including phenoxy) is 3. The molecule has 1 aromatic carbocycles. The average Bonchev–Trinajstić information content (AvgIpc) is 3.21. The summed E-state index contributed by atoms with van der Waals surface area (Å²) in [6, 6.07) is 6.73. The van der Waals surface area contributed by atoms with Crippen molar-refractivity contribution in [2.24, 2.45) is 5.92 Å². The maximum atomic E-state index is 11.6. The van der Waals surface area contributed by atoms with Crippen molar-refractivity contribution in [3.63, 3.8) is 0 Å². The molecule has 11 nitrogen and oxygen atoms in total. The maximum Gasteiger partial charge on any atom is 0.415 e. The lowest BCUT2D eigenvalue weighted by Crippen LogP contribution is -2.33. The summed E-state index contributed by atoms with van der Waals surface area (Å²) in [6.45, 7) is 3.69. The molecular formula is C19H20N2O9. The molecule has 11 heteroatoms. The number of benzene rings is 1. The first kappa shape index (κ1) is 22.5. The zero-order chi connectivity index (χ0) is 22.3. The van der Waals surface area contributed by atoms with Gasteiger partial charge in [-0.3, -0.25) is 4.79 Å². The zero-order valence-electron chi connectivity index (χ0n) is 16.2. The van der Waals surface area contributed by atoms with Crippen LogP contribution in [0.15, 0.2) is 30.3 Å². The highest BCUT2D eigenvalue weighted by atomic mass is 16.6. The van der Waals surface area contributed by atoms with Crippen LogP contribution in [0, 0.1) is 5.92 Å². The third kappa shape index (κ3) is 6.40. The van der Waals surface area contributed by atoms with Gasteiger partial charge in [0.05, 0.1) is 5.56 Å². The van der Waals surface area contributed by atoms with Crippen molar-refractivity contribution in [2.45, 2.75) is 38.8 Å². The van der Waals surface area contributed by atoms with Crippen molar-refractivity contribution in [2.75, 3.05) is 0 Å². The lowest BCUT2D eigenvalue weighted by molar-refractivity contribution is -0.139. The van der Waals surface area contributed by atoms with Crippen LogP contribution in [0.3, 0.4) is 0 Å². The van der Waals surface area contributed by atoms with Gasteiger partial charge in [-0.15, -0.1) is 0 Å². The molecule has 2 aliphatic rings. The summed E-state index contributed by atoms with van der Waals surface area (Å²) in [5, 5.41) is 4.63. The quantitative estimate of drug-likeness (QED) is 0.404. The van der Waals surface area contributed by atoms with Crippen molar-refractivity contribution >= 4 is 36.1 Å². The number of hydrogen-bond donors (Lipinski definition) is 2. The summed E-state index contributed by atoms with van der Waals surface area (Å²) in [6.07, 6.45) is -1.64. The molecule has 160 valence electrons. The number of cyclic esters (lactones) is 4. The molecule has 2 atom stereocenters. The van der Waals surface area contributed by atoms with Crippen LogP contribution < -0.4 is 10.6 Å². The monoisotopic (exact) mass is 420 g/mol. The highest BCUT2D eigenvalue weighted by Gasteiger charge is 2.34. The van der Waals surface area contributed by atoms with Gasteiger partial charge in [0.1, 0.15) is 12.1 Å². The van der Waals surface area contributed by atoms with Gasteiger partial charge in [-0.2, -0.15) is 0 Å². The first-order valence-electron chi connectivity index (χ1n) is 9.01. The van der Waals surface area contributed by atoms with Crippen molar-refractivity contribution in [3.8, 4) is 0 Å². The number of carbonyl (C=O) groups is 6. The number of nitrogens with one attached hydrogen (secondary N) is 2. The van der Waals surface area contributed by atoms with Gasteiger partial charge < -0.3 is 24.8 Å². The molecule has 2 amide bonds. The molecule has 0 bridgehead atoms. The van der Waals surface area contributed by atoms with Crippen LogP contribution in [0.4, 0.5) is 9.59 Å². The Balaban J connectivity index is 0.000000269. The lowest BCUT2D eigenvalue weighted by atomic mass is 10.1. The van der Waals surface area contributed by atoms with Crippen molar-refractivity contribution in [1.29, 1.82) is 0 Å². The standard InChI is InChI=1S/C13H11NO6.C6H9NO3/c15-10(7-6-9-12(17)20-13(18)14-9)19-11(16)8-4-2-1-3-5-8;1-3(2)4-5(8)10-6(9)7-4/h1-5,9H,6-7H2,(H,14,18);3-4H,1-2H3,(H,7,9). The summed E-state index contributed by atoms with van der Waals surface area (Å²) in [4.78, 5) is 66.0. The number of hydrogen-bond acceptors (Lipinski definition) is 9. The van der Waals surface area contributed by atoms with E-state index in [-0.39, 0.29) is 24.3 Å². The summed E-state index contributed by atoms with van der Waals surface area (Å²) in [5.74, 6) is -2.64. The van der Waals surface area contributed by atoms with Crippen molar-refractivity contribution in [1.82, 2.24) is 10.6 Å². The fraction of sp³-hybridized carbons (Fsp3) is 0.368. The maximum absolute atomic E-state index is 11.6. The van der Waals surface area contributed by atoms with Gasteiger partial charge in [0, 0.05) is 6.42 Å². The molecule has 30 heavy (non-hydrogen) atoms. The van der Waals surface area contributed by atoms with Gasteiger partial charge >= 0.3 is 36.1 Å². The van der Waals surface area contributed by atoms with Crippen molar-refractivity contribution < 1.29 is 43.0 Å². The van der Waals surface area contributed by atoms with E-state index in [1.165, 1.54) is 12.1 Å². The molecule has 3 rings (SSSR count). The Kier molecular flexibility index (Phi) is 7.62. The molecule has 2 unspecified atom stereocenters. The van der Waals surface area contributed by atoms with Gasteiger partial charge in [0.25, 0.3) is 0 Å². The Morgan fingerprint density at radius 3 is 2.03 bits per heavy atom. The van der Waals surface area contributed by atoms with Gasteiger partial charge in [0.15, 0.2) is 0 Å². The van der Waals surface area contributed by atoms with Crippen LogP contribution in [0.5, 0.6) is 0 Å². The Labute approximate surface area is 171 Å². The number of amides is 2. The first-order chi connectivity index (χ1) is 14.2. The SMILES string of the molecule is CC(C)C1NC(=O)OC1=O.O=C(CCC1NC(=O)OC1=O)OC(=O)c1ccccc1. The molecule has 2 N–H and O–H groups in total. The predicted octanol–water partition coefficient (Wildman–Crippen LogP) is 1.06. The molecule has 2 aliphatic heterocycles. The van der Waals surface area contributed by atoms with E-state index in [9.17, 15) is 28.8 Å². The molecule has 0 spiro atoms. The first-order valence-corrected chi connectivity index (χ1v) is 9.01. The number of esters is 4. The second kappa shape index (κ2) is 10.1. The number of alkyl carbamates (subject to hydrolysis) is 2. The number of carbonyl (C=O) groups excluding carboxylic acids is 6. The van der Waals surface area contributed by atoms with Crippen LogP contribution in [0.25, 0.3) is 0 Å². The molecule has 0 radical (unpaired) electrons. The van der Waals surface area contributed by atoms with E-state index in [1.807, 2.05) is 13.8 Å². The molecular weight excluding hydrogens is 400 g/mol. The summed E-state index contributed by atoms with van der Waals surface area (Å²) in [5.41, 5.74) is 0.259. The largest absolute Gasteiger partial charge is 0.415 e. The zero-order valence-corrected chi connectivity index (χ0v) is 16.2. The van der Waals surface area contributed by atoms with Gasteiger partial charge in [-0.05, 0) is 24.5 Å². The lowest BCUT2D eigenvalue weighted by Gasteiger charge is -2.07. The normalized spacial score (nSPS) is 19.8. The second-order valence-corrected chi connectivity index (χ2v) is 6.65. The van der Waals surface area contributed by atoms with E-state index < -0.39 is 48.1 Å². The van der Waals surface area contributed by atoms with E-state index >= 15 is 0 Å². The molecule has 0 aliphatic carbocycles. The average molecular weight is 420 g/mol. The molecule has 0 aromatic heterocycles. The van der Waals surface area contributed by atoms with E-state index in [2.05, 4.69) is 24.8 Å². The minimum Gasteiger partial charge on any atom is -0.389 e. The third-order valence-corrected chi connectivity index (χ3v) is 4.01. The minimum atomic E-state index is -0.873. The molecule has 2 fully saturated rings. The predicted molar refractivity (Wildman–Crippen MR) is 97.8 cm³/mol. The van der Waals surface area contributed by atoms with Crippen molar-refractivity contribution in [3.05, 3.63) is 35.9 Å². The molecule has 2 heterocycles. The van der Waals surface area contributed by atoms with Gasteiger partial charge in [-0.1, -0.05) is 32.0 Å². The van der Waals surface area contributed by atoms with Crippen LogP contribution in [-0.4, -0.2) is 48.1 Å². The van der Waals surface area contributed by atoms with Crippen LogP contribution in [0.2, 0.25) is 0 Å². The summed E-state index contributed by atoms with van der Waals surface area (Å²) < 4.78 is 13.1. The van der Waals surface area contributed by atoms with Crippen LogP contribution in [0.1, 0.15) is 37.0 Å². The fourth-order valence-corrected chi connectivity index (χ4v) is 2.44. The summed E-state index contributed by atoms with van der Waals surface area (Å²) >= 11 is 0. The van der Waals surface area contributed by atoms with Gasteiger partial charge in [0.2, 0.25) is 0 Å². The molecule has 2 saturated heterocycles. The summed E-state index contributed by atoms with van der Waals surface area (Å²) in [7, 11) is 0. The smallest absolute Gasteiger partial charge is 0.389 e. The number of rotatable bonds is 5. The fourth-order valence-electron chi connectivity index (χ4n) is 2.44. The van der Waals surface area contributed by atoms with E-state index in [0.717, 1.165) is 0 Å². The highest BCUT2D eigenvalue weighted by molar-refractivity contribution is 5.98. The topological polar surface area (TPSA) is 154 Å². The second-order valence-electron chi connectivity index (χ2n) is 6.65. The third-order valence-electron chi connectivity index (χ3n) is 4.01. The Morgan fingerprint density at radius 1 is 0.967 bits per heavy atom. The van der Waals surface area contributed by atoms with E-state index in [4.69, 9.17) is 0 Å². The van der Waals surface area contributed by atoms with E-state index in [0.29, 0.717) is 0 Å². The molecule has 1 aromatic rings. The molecule has 0 saturated carbocycles. The Morgan fingerprint density at radius 2 is 1.57 bits per heavy atom.